The van der Waals surface area contributed by atoms with Gasteiger partial charge in [-0.15, -0.1) is 0 Å². The number of amides is 1. The van der Waals surface area contributed by atoms with Crippen molar-refractivity contribution in [2.45, 2.75) is 13.0 Å². The van der Waals surface area contributed by atoms with Gasteiger partial charge in [0.15, 0.2) is 0 Å². The summed E-state index contributed by atoms with van der Waals surface area (Å²) in [6, 6.07) is 5.74. The molecule has 80 valence electrons. The maximum Gasteiger partial charge on any atom is 0.223 e. The molecule has 0 saturated carbocycles. The maximum absolute atomic E-state index is 11.6. The third-order valence-corrected chi connectivity index (χ3v) is 2.71. The first-order chi connectivity index (χ1) is 7.29. The van der Waals surface area contributed by atoms with E-state index in [1.807, 2.05) is 23.1 Å². The SMILES string of the molecule is NCC1CC(=O)N(Cc2ccccn2)C1. The second-order valence-electron chi connectivity index (χ2n) is 3.90. The molecule has 1 aromatic rings. The summed E-state index contributed by atoms with van der Waals surface area (Å²) in [5, 5.41) is 0. The number of nitrogens with zero attached hydrogens (tertiary/aromatic N) is 2. The van der Waals surface area contributed by atoms with Gasteiger partial charge in [0.1, 0.15) is 0 Å². The zero-order chi connectivity index (χ0) is 10.7. The molecule has 2 N–H and O–H groups in total. The molecule has 1 unspecified atom stereocenters. The van der Waals surface area contributed by atoms with Gasteiger partial charge in [0.2, 0.25) is 5.91 Å². The number of carbonyl (C=O) groups excluding carboxylic acids is 1. The zero-order valence-corrected chi connectivity index (χ0v) is 8.60. The van der Waals surface area contributed by atoms with Crippen LogP contribution in [-0.2, 0) is 11.3 Å². The van der Waals surface area contributed by atoms with E-state index in [1.165, 1.54) is 0 Å². The number of aromatic nitrogens is 1. The molecule has 0 bridgehead atoms. The Labute approximate surface area is 89.1 Å². The van der Waals surface area contributed by atoms with Crippen molar-refractivity contribution in [1.29, 1.82) is 0 Å². The van der Waals surface area contributed by atoms with E-state index in [9.17, 15) is 4.79 Å². The van der Waals surface area contributed by atoms with Gasteiger partial charge in [0.25, 0.3) is 0 Å². The number of hydrogen-bond donors (Lipinski definition) is 1. The molecule has 4 nitrogen and oxygen atoms in total. The van der Waals surface area contributed by atoms with E-state index < -0.39 is 0 Å². The van der Waals surface area contributed by atoms with Crippen LogP contribution in [0.3, 0.4) is 0 Å². The van der Waals surface area contributed by atoms with Crippen LogP contribution in [0.15, 0.2) is 24.4 Å². The minimum Gasteiger partial charge on any atom is -0.336 e. The van der Waals surface area contributed by atoms with E-state index >= 15 is 0 Å². The minimum atomic E-state index is 0.191. The fraction of sp³-hybridized carbons (Fsp3) is 0.455. The highest BCUT2D eigenvalue weighted by Gasteiger charge is 2.28. The fourth-order valence-corrected chi connectivity index (χ4v) is 1.85. The van der Waals surface area contributed by atoms with Gasteiger partial charge in [-0.05, 0) is 24.6 Å². The van der Waals surface area contributed by atoms with Crippen LogP contribution in [0.5, 0.6) is 0 Å². The number of hydrogen-bond acceptors (Lipinski definition) is 3. The summed E-state index contributed by atoms with van der Waals surface area (Å²) in [4.78, 5) is 17.6. The first-order valence-electron chi connectivity index (χ1n) is 5.17. The minimum absolute atomic E-state index is 0.191. The van der Waals surface area contributed by atoms with E-state index in [0.29, 0.717) is 25.4 Å². The predicted molar refractivity (Wildman–Crippen MR) is 56.8 cm³/mol. The fourth-order valence-electron chi connectivity index (χ4n) is 1.85. The van der Waals surface area contributed by atoms with Crippen LogP contribution in [0, 0.1) is 5.92 Å². The molecule has 2 heterocycles. The molecule has 15 heavy (non-hydrogen) atoms. The molecule has 1 amide bonds. The summed E-state index contributed by atoms with van der Waals surface area (Å²) in [7, 11) is 0. The largest absolute Gasteiger partial charge is 0.336 e. The number of likely N-dealkylation sites (tertiary alicyclic amines) is 1. The highest BCUT2D eigenvalue weighted by atomic mass is 16.2. The van der Waals surface area contributed by atoms with Gasteiger partial charge in [0.05, 0.1) is 12.2 Å². The molecule has 0 radical (unpaired) electrons. The van der Waals surface area contributed by atoms with Crippen molar-refractivity contribution in [3.05, 3.63) is 30.1 Å². The molecule has 1 aliphatic heterocycles. The third-order valence-electron chi connectivity index (χ3n) is 2.71. The topological polar surface area (TPSA) is 59.2 Å². The van der Waals surface area contributed by atoms with Gasteiger partial charge < -0.3 is 10.6 Å². The summed E-state index contributed by atoms with van der Waals surface area (Å²) in [5.41, 5.74) is 6.49. The lowest BCUT2D eigenvalue weighted by Gasteiger charge is -2.15. The van der Waals surface area contributed by atoms with E-state index in [1.54, 1.807) is 6.20 Å². The first-order valence-corrected chi connectivity index (χ1v) is 5.17. The molecule has 0 spiro atoms. The Morgan fingerprint density at radius 1 is 1.53 bits per heavy atom. The van der Waals surface area contributed by atoms with E-state index in [-0.39, 0.29) is 5.91 Å². The normalized spacial score (nSPS) is 21.0. The molecular weight excluding hydrogens is 190 g/mol. The van der Waals surface area contributed by atoms with Crippen molar-refractivity contribution in [1.82, 2.24) is 9.88 Å². The van der Waals surface area contributed by atoms with Gasteiger partial charge in [-0.1, -0.05) is 6.07 Å². The Balaban J connectivity index is 1.99. The molecule has 1 atom stereocenters. The second-order valence-corrected chi connectivity index (χ2v) is 3.90. The summed E-state index contributed by atoms with van der Waals surface area (Å²) < 4.78 is 0. The van der Waals surface area contributed by atoms with Crippen molar-refractivity contribution >= 4 is 5.91 Å². The molecule has 0 aliphatic carbocycles. The van der Waals surface area contributed by atoms with Crippen LogP contribution < -0.4 is 5.73 Å². The van der Waals surface area contributed by atoms with Crippen molar-refractivity contribution in [2.24, 2.45) is 11.7 Å². The lowest BCUT2D eigenvalue weighted by molar-refractivity contribution is -0.128. The highest BCUT2D eigenvalue weighted by molar-refractivity contribution is 5.78. The number of carbonyl (C=O) groups is 1. The molecule has 1 saturated heterocycles. The smallest absolute Gasteiger partial charge is 0.223 e. The highest BCUT2D eigenvalue weighted by Crippen LogP contribution is 2.18. The number of nitrogens with two attached hydrogens (primary N) is 1. The van der Waals surface area contributed by atoms with Crippen molar-refractivity contribution < 1.29 is 4.79 Å². The predicted octanol–water partition coefficient (Wildman–Crippen LogP) is 0.389. The second kappa shape index (κ2) is 4.40. The Hall–Kier alpha value is -1.42. The molecule has 4 heteroatoms. The van der Waals surface area contributed by atoms with Gasteiger partial charge >= 0.3 is 0 Å². The van der Waals surface area contributed by atoms with Crippen LogP contribution >= 0.6 is 0 Å². The lowest BCUT2D eigenvalue weighted by Crippen LogP contribution is -2.26. The Morgan fingerprint density at radius 3 is 3.00 bits per heavy atom. The third kappa shape index (κ3) is 2.33. The van der Waals surface area contributed by atoms with Crippen molar-refractivity contribution in [2.75, 3.05) is 13.1 Å². The van der Waals surface area contributed by atoms with Crippen molar-refractivity contribution in [3.8, 4) is 0 Å². The molecular formula is C11H15N3O. The molecule has 1 aromatic heterocycles. The van der Waals surface area contributed by atoms with Gasteiger partial charge in [0, 0.05) is 19.2 Å². The van der Waals surface area contributed by atoms with Crippen LogP contribution in [0.4, 0.5) is 0 Å². The quantitative estimate of drug-likeness (QED) is 0.776. The average molecular weight is 205 g/mol. The van der Waals surface area contributed by atoms with Crippen molar-refractivity contribution in [3.63, 3.8) is 0 Å². The van der Waals surface area contributed by atoms with E-state index in [2.05, 4.69) is 4.98 Å². The first kappa shape index (κ1) is 10.1. The zero-order valence-electron chi connectivity index (χ0n) is 8.60. The standard InChI is InChI=1S/C11H15N3O/c12-6-9-5-11(15)14(7-9)8-10-3-1-2-4-13-10/h1-4,9H,5-8,12H2. The van der Waals surface area contributed by atoms with Crippen LogP contribution in [0.2, 0.25) is 0 Å². The number of rotatable bonds is 3. The van der Waals surface area contributed by atoms with Gasteiger partial charge in [-0.2, -0.15) is 0 Å². The van der Waals surface area contributed by atoms with Crippen LogP contribution in [-0.4, -0.2) is 28.9 Å². The molecule has 1 aliphatic rings. The Bertz CT molecular complexity index is 339. The lowest BCUT2D eigenvalue weighted by atomic mass is 10.1. The maximum atomic E-state index is 11.6. The molecule has 2 rings (SSSR count). The van der Waals surface area contributed by atoms with E-state index in [0.717, 1.165) is 12.2 Å². The van der Waals surface area contributed by atoms with Crippen LogP contribution in [0.25, 0.3) is 0 Å². The summed E-state index contributed by atoms with van der Waals surface area (Å²) >= 11 is 0. The average Bonchev–Trinajstić information content (AvgIpc) is 2.61. The summed E-state index contributed by atoms with van der Waals surface area (Å²) in [6.45, 7) is 1.96. The molecule has 1 fully saturated rings. The molecule has 0 aromatic carbocycles. The Kier molecular flexibility index (Phi) is 2.97. The summed E-state index contributed by atoms with van der Waals surface area (Å²) in [6.07, 6.45) is 2.33. The summed E-state index contributed by atoms with van der Waals surface area (Å²) in [5.74, 6) is 0.511. The number of pyridine rings is 1. The monoisotopic (exact) mass is 205 g/mol. The van der Waals surface area contributed by atoms with Gasteiger partial charge in [-0.25, -0.2) is 0 Å². The van der Waals surface area contributed by atoms with Gasteiger partial charge in [-0.3, -0.25) is 9.78 Å². The Morgan fingerprint density at radius 2 is 2.40 bits per heavy atom. The van der Waals surface area contributed by atoms with Crippen LogP contribution in [0.1, 0.15) is 12.1 Å². The van der Waals surface area contributed by atoms with E-state index in [4.69, 9.17) is 5.73 Å².